The molecule has 5 heteroatoms. The van der Waals surface area contributed by atoms with Crippen LogP contribution in [0.4, 0.5) is 0 Å². The van der Waals surface area contributed by atoms with Crippen LogP contribution in [0, 0.1) is 20.8 Å². The van der Waals surface area contributed by atoms with Gasteiger partial charge in [0.2, 0.25) is 0 Å². The molecule has 0 spiro atoms. The Balaban J connectivity index is 2.11. The number of hydrogen-bond donors (Lipinski definition) is 2. The van der Waals surface area contributed by atoms with Gasteiger partial charge in [0, 0.05) is 12.1 Å². The SMILES string of the molecule is Cc1oc(C)c(C(=O)NCc2cccc(C(=O)O)c2)c1C. The fourth-order valence-corrected chi connectivity index (χ4v) is 2.21. The zero-order chi connectivity index (χ0) is 15.6. The van der Waals surface area contributed by atoms with E-state index in [1.807, 2.05) is 13.8 Å². The van der Waals surface area contributed by atoms with Crippen molar-refractivity contribution >= 4 is 11.9 Å². The number of hydrogen-bond acceptors (Lipinski definition) is 3. The van der Waals surface area contributed by atoms with E-state index in [4.69, 9.17) is 9.52 Å². The van der Waals surface area contributed by atoms with Gasteiger partial charge in [-0.05, 0) is 38.5 Å². The van der Waals surface area contributed by atoms with Gasteiger partial charge in [0.15, 0.2) is 0 Å². The van der Waals surface area contributed by atoms with Crippen LogP contribution in [-0.2, 0) is 6.54 Å². The monoisotopic (exact) mass is 287 g/mol. The average Bonchev–Trinajstić information content (AvgIpc) is 2.70. The maximum absolute atomic E-state index is 12.2. The molecule has 2 N–H and O–H groups in total. The van der Waals surface area contributed by atoms with Crippen molar-refractivity contribution in [3.05, 3.63) is 58.0 Å². The van der Waals surface area contributed by atoms with E-state index in [1.165, 1.54) is 6.07 Å². The van der Waals surface area contributed by atoms with Gasteiger partial charge < -0.3 is 14.8 Å². The number of aromatic carboxylic acids is 1. The first-order valence-electron chi connectivity index (χ1n) is 6.57. The van der Waals surface area contributed by atoms with Gasteiger partial charge in [0.25, 0.3) is 5.91 Å². The number of aryl methyl sites for hydroxylation is 2. The largest absolute Gasteiger partial charge is 0.478 e. The van der Waals surface area contributed by atoms with Gasteiger partial charge in [0.05, 0.1) is 11.1 Å². The molecule has 0 aliphatic heterocycles. The summed E-state index contributed by atoms with van der Waals surface area (Å²) in [6.07, 6.45) is 0. The predicted octanol–water partition coefficient (Wildman–Crippen LogP) is 2.83. The number of carbonyl (C=O) groups is 2. The maximum Gasteiger partial charge on any atom is 0.335 e. The Bertz CT molecular complexity index is 700. The first-order chi connectivity index (χ1) is 9.90. The summed E-state index contributed by atoms with van der Waals surface area (Å²) < 4.78 is 5.43. The molecule has 21 heavy (non-hydrogen) atoms. The van der Waals surface area contributed by atoms with E-state index in [-0.39, 0.29) is 18.0 Å². The number of carboxylic acid groups (broad SMARTS) is 1. The normalized spacial score (nSPS) is 10.4. The van der Waals surface area contributed by atoms with E-state index < -0.39 is 5.97 Å². The fraction of sp³-hybridized carbons (Fsp3) is 0.250. The Kier molecular flexibility index (Phi) is 4.12. The third kappa shape index (κ3) is 3.13. The summed E-state index contributed by atoms with van der Waals surface area (Å²) in [6.45, 7) is 5.67. The molecular weight excluding hydrogens is 270 g/mol. The second kappa shape index (κ2) is 5.83. The first kappa shape index (κ1) is 14.8. The quantitative estimate of drug-likeness (QED) is 0.906. The molecule has 0 unspecified atom stereocenters. The van der Waals surface area contributed by atoms with Crippen molar-refractivity contribution in [3.63, 3.8) is 0 Å². The number of furan rings is 1. The molecule has 2 aromatic rings. The van der Waals surface area contributed by atoms with Crippen molar-refractivity contribution < 1.29 is 19.1 Å². The molecule has 1 amide bonds. The average molecular weight is 287 g/mol. The van der Waals surface area contributed by atoms with Crippen LogP contribution in [-0.4, -0.2) is 17.0 Å². The van der Waals surface area contributed by atoms with Crippen molar-refractivity contribution in [1.82, 2.24) is 5.32 Å². The summed E-state index contributed by atoms with van der Waals surface area (Å²) in [6, 6.07) is 6.49. The molecule has 1 aromatic heterocycles. The van der Waals surface area contributed by atoms with Gasteiger partial charge in [-0.1, -0.05) is 12.1 Å². The van der Waals surface area contributed by atoms with Gasteiger partial charge in [0.1, 0.15) is 11.5 Å². The lowest BCUT2D eigenvalue weighted by atomic mass is 10.1. The van der Waals surface area contributed by atoms with E-state index in [2.05, 4.69) is 5.32 Å². The van der Waals surface area contributed by atoms with Gasteiger partial charge in [-0.3, -0.25) is 4.79 Å². The molecule has 0 bridgehead atoms. The van der Waals surface area contributed by atoms with Crippen LogP contribution in [0.1, 0.15) is 43.4 Å². The highest BCUT2D eigenvalue weighted by Gasteiger charge is 2.18. The highest BCUT2D eigenvalue weighted by Crippen LogP contribution is 2.20. The Labute approximate surface area is 122 Å². The summed E-state index contributed by atoms with van der Waals surface area (Å²) in [5, 5.41) is 11.7. The number of nitrogens with one attached hydrogen (secondary N) is 1. The summed E-state index contributed by atoms with van der Waals surface area (Å²) in [5.41, 5.74) is 2.30. The summed E-state index contributed by atoms with van der Waals surface area (Å²) in [4.78, 5) is 23.1. The fourth-order valence-electron chi connectivity index (χ4n) is 2.21. The highest BCUT2D eigenvalue weighted by atomic mass is 16.4. The second-order valence-electron chi connectivity index (χ2n) is 4.90. The number of amides is 1. The van der Waals surface area contributed by atoms with Crippen LogP contribution in [0.25, 0.3) is 0 Å². The van der Waals surface area contributed by atoms with Crippen molar-refractivity contribution in [2.24, 2.45) is 0 Å². The predicted molar refractivity (Wildman–Crippen MR) is 77.5 cm³/mol. The van der Waals surface area contributed by atoms with Crippen LogP contribution in [0.2, 0.25) is 0 Å². The minimum atomic E-state index is -0.986. The number of carboxylic acids is 1. The van der Waals surface area contributed by atoms with Gasteiger partial charge in [-0.2, -0.15) is 0 Å². The molecule has 0 fully saturated rings. The van der Waals surface area contributed by atoms with E-state index in [1.54, 1.807) is 25.1 Å². The molecule has 0 atom stereocenters. The van der Waals surface area contributed by atoms with Crippen molar-refractivity contribution in [2.45, 2.75) is 27.3 Å². The summed E-state index contributed by atoms with van der Waals surface area (Å²) in [7, 11) is 0. The molecule has 1 aromatic carbocycles. The molecular formula is C16H17NO4. The number of carbonyl (C=O) groups excluding carboxylic acids is 1. The molecule has 0 radical (unpaired) electrons. The Morgan fingerprint density at radius 1 is 1.19 bits per heavy atom. The van der Waals surface area contributed by atoms with Gasteiger partial charge in [-0.25, -0.2) is 4.79 Å². The van der Waals surface area contributed by atoms with Crippen LogP contribution in [0.3, 0.4) is 0 Å². The maximum atomic E-state index is 12.2. The third-order valence-electron chi connectivity index (χ3n) is 3.42. The standard InChI is InChI=1S/C16H17NO4/c1-9-10(2)21-11(3)14(9)15(18)17-8-12-5-4-6-13(7-12)16(19)20/h4-7H,8H2,1-3H3,(H,17,18)(H,19,20). The zero-order valence-corrected chi connectivity index (χ0v) is 12.2. The van der Waals surface area contributed by atoms with Gasteiger partial charge >= 0.3 is 5.97 Å². The third-order valence-corrected chi connectivity index (χ3v) is 3.42. The van der Waals surface area contributed by atoms with E-state index in [9.17, 15) is 9.59 Å². The zero-order valence-electron chi connectivity index (χ0n) is 12.2. The molecule has 1 heterocycles. The van der Waals surface area contributed by atoms with Crippen LogP contribution >= 0.6 is 0 Å². The molecule has 5 nitrogen and oxygen atoms in total. The number of benzene rings is 1. The molecule has 0 aliphatic rings. The topological polar surface area (TPSA) is 79.5 Å². The Morgan fingerprint density at radius 2 is 1.90 bits per heavy atom. The highest BCUT2D eigenvalue weighted by molar-refractivity contribution is 5.96. The van der Waals surface area contributed by atoms with E-state index in [0.29, 0.717) is 11.3 Å². The van der Waals surface area contributed by atoms with E-state index in [0.717, 1.165) is 16.9 Å². The molecule has 110 valence electrons. The van der Waals surface area contributed by atoms with Crippen LogP contribution in [0.5, 0.6) is 0 Å². The van der Waals surface area contributed by atoms with Gasteiger partial charge in [-0.15, -0.1) is 0 Å². The summed E-state index contributed by atoms with van der Waals surface area (Å²) >= 11 is 0. The lowest BCUT2D eigenvalue weighted by Crippen LogP contribution is -2.23. The molecule has 0 saturated carbocycles. The molecule has 2 rings (SSSR count). The van der Waals surface area contributed by atoms with Crippen molar-refractivity contribution in [2.75, 3.05) is 0 Å². The minimum Gasteiger partial charge on any atom is -0.478 e. The number of rotatable bonds is 4. The lowest BCUT2D eigenvalue weighted by molar-refractivity contribution is 0.0696. The molecule has 0 saturated heterocycles. The lowest BCUT2D eigenvalue weighted by Gasteiger charge is -2.06. The molecule has 0 aliphatic carbocycles. The van der Waals surface area contributed by atoms with Crippen molar-refractivity contribution in [1.29, 1.82) is 0 Å². The smallest absolute Gasteiger partial charge is 0.335 e. The van der Waals surface area contributed by atoms with Crippen molar-refractivity contribution in [3.8, 4) is 0 Å². The second-order valence-corrected chi connectivity index (χ2v) is 4.90. The Morgan fingerprint density at radius 3 is 2.48 bits per heavy atom. The van der Waals surface area contributed by atoms with E-state index >= 15 is 0 Å². The van der Waals surface area contributed by atoms with Crippen LogP contribution < -0.4 is 5.32 Å². The van der Waals surface area contributed by atoms with Crippen LogP contribution in [0.15, 0.2) is 28.7 Å². The minimum absolute atomic E-state index is 0.202. The summed E-state index contributed by atoms with van der Waals surface area (Å²) in [5.74, 6) is 0.107. The Hall–Kier alpha value is -2.56. The first-order valence-corrected chi connectivity index (χ1v) is 6.57.